The van der Waals surface area contributed by atoms with Gasteiger partial charge in [-0.05, 0) is 25.0 Å². The predicted octanol–water partition coefficient (Wildman–Crippen LogP) is 1.73. The van der Waals surface area contributed by atoms with Crippen molar-refractivity contribution in [2.45, 2.75) is 23.0 Å². The fraction of sp³-hybridized carbons (Fsp3) is 0.333. The lowest BCUT2D eigenvalue weighted by Crippen LogP contribution is -1.98. The highest BCUT2D eigenvalue weighted by molar-refractivity contribution is 8.00. The first-order chi connectivity index (χ1) is 5.34. The SMILES string of the molecule is [B]c1ccc(SC2CC2)cc1. The van der Waals surface area contributed by atoms with Crippen molar-refractivity contribution in [2.24, 2.45) is 0 Å². The molecule has 11 heavy (non-hydrogen) atoms. The molecule has 0 bridgehead atoms. The molecule has 1 aromatic carbocycles. The maximum Gasteiger partial charge on any atom is 0.113 e. The highest BCUT2D eigenvalue weighted by Crippen LogP contribution is 2.38. The van der Waals surface area contributed by atoms with E-state index in [-0.39, 0.29) is 0 Å². The third-order valence-corrected chi connectivity index (χ3v) is 3.06. The van der Waals surface area contributed by atoms with Gasteiger partial charge in [-0.15, -0.1) is 11.8 Å². The summed E-state index contributed by atoms with van der Waals surface area (Å²) in [5, 5.41) is 0.888. The quantitative estimate of drug-likeness (QED) is 0.593. The molecule has 0 saturated heterocycles. The molecule has 0 aromatic heterocycles. The average Bonchev–Trinajstić information content (AvgIpc) is 2.78. The van der Waals surface area contributed by atoms with Gasteiger partial charge >= 0.3 is 0 Å². The van der Waals surface area contributed by atoms with Crippen LogP contribution in [0.1, 0.15) is 12.8 Å². The molecule has 1 saturated carbocycles. The molecule has 0 amide bonds. The molecule has 2 rings (SSSR count). The van der Waals surface area contributed by atoms with Gasteiger partial charge in [-0.2, -0.15) is 0 Å². The molecule has 1 aliphatic carbocycles. The van der Waals surface area contributed by atoms with Crippen LogP contribution in [0.2, 0.25) is 0 Å². The summed E-state index contributed by atoms with van der Waals surface area (Å²) in [7, 11) is 5.56. The van der Waals surface area contributed by atoms with E-state index >= 15 is 0 Å². The summed E-state index contributed by atoms with van der Waals surface area (Å²) in [4.78, 5) is 1.35. The molecule has 1 aliphatic rings. The molecule has 0 N–H and O–H groups in total. The van der Waals surface area contributed by atoms with Crippen molar-refractivity contribution >= 4 is 25.1 Å². The lowest BCUT2D eigenvalue weighted by molar-refractivity contribution is 1.43. The number of thioether (sulfide) groups is 1. The van der Waals surface area contributed by atoms with Gasteiger partial charge in [0.2, 0.25) is 0 Å². The molecule has 0 atom stereocenters. The molecular formula is C9H9BS. The summed E-state index contributed by atoms with van der Waals surface area (Å²) in [5.41, 5.74) is 0.852. The average molecular weight is 160 g/mol. The van der Waals surface area contributed by atoms with Gasteiger partial charge in [-0.1, -0.05) is 17.6 Å². The van der Waals surface area contributed by atoms with Crippen molar-refractivity contribution in [1.29, 1.82) is 0 Å². The van der Waals surface area contributed by atoms with Gasteiger partial charge in [0.15, 0.2) is 0 Å². The Morgan fingerprint density at radius 2 is 1.82 bits per heavy atom. The minimum Gasteiger partial charge on any atom is -0.123 e. The van der Waals surface area contributed by atoms with E-state index in [2.05, 4.69) is 12.1 Å². The Kier molecular flexibility index (Phi) is 1.95. The van der Waals surface area contributed by atoms with Gasteiger partial charge in [0.05, 0.1) is 0 Å². The van der Waals surface area contributed by atoms with Crippen LogP contribution in [0, 0.1) is 0 Å². The molecular weight excluding hydrogens is 151 g/mol. The van der Waals surface area contributed by atoms with E-state index in [1.165, 1.54) is 17.7 Å². The Labute approximate surface area is 72.8 Å². The molecule has 0 heterocycles. The van der Waals surface area contributed by atoms with E-state index in [9.17, 15) is 0 Å². The first kappa shape index (κ1) is 7.29. The standard InChI is InChI=1S/C9H9BS/c10-7-1-3-8(4-2-7)11-9-5-6-9/h1-4,9H,5-6H2. The van der Waals surface area contributed by atoms with Crippen molar-refractivity contribution in [1.82, 2.24) is 0 Å². The Bertz CT molecular complexity index is 238. The Balaban J connectivity index is 2.06. The predicted molar refractivity (Wildman–Crippen MR) is 50.7 cm³/mol. The largest absolute Gasteiger partial charge is 0.123 e. The monoisotopic (exact) mass is 160 g/mol. The van der Waals surface area contributed by atoms with Gasteiger partial charge in [-0.25, -0.2) is 0 Å². The first-order valence-corrected chi connectivity index (χ1v) is 4.75. The van der Waals surface area contributed by atoms with Crippen LogP contribution in [0.4, 0.5) is 0 Å². The van der Waals surface area contributed by atoms with Crippen LogP contribution >= 0.6 is 11.8 Å². The van der Waals surface area contributed by atoms with Gasteiger partial charge in [-0.3, -0.25) is 0 Å². The van der Waals surface area contributed by atoms with Crippen molar-refractivity contribution in [3.05, 3.63) is 24.3 Å². The zero-order valence-electron chi connectivity index (χ0n) is 6.29. The topological polar surface area (TPSA) is 0 Å². The van der Waals surface area contributed by atoms with E-state index in [0.29, 0.717) is 0 Å². The van der Waals surface area contributed by atoms with Crippen molar-refractivity contribution < 1.29 is 0 Å². The fourth-order valence-electron chi connectivity index (χ4n) is 0.925. The van der Waals surface area contributed by atoms with Crippen LogP contribution in [0.5, 0.6) is 0 Å². The zero-order valence-corrected chi connectivity index (χ0v) is 7.10. The van der Waals surface area contributed by atoms with Crippen LogP contribution in [0.3, 0.4) is 0 Å². The molecule has 1 fully saturated rings. The van der Waals surface area contributed by atoms with E-state index in [1.54, 1.807) is 0 Å². The lowest BCUT2D eigenvalue weighted by atomic mass is 9.97. The normalized spacial score (nSPS) is 16.7. The molecule has 1 aromatic rings. The van der Waals surface area contributed by atoms with Crippen LogP contribution in [0.25, 0.3) is 0 Å². The number of rotatable bonds is 2. The van der Waals surface area contributed by atoms with E-state index in [0.717, 1.165) is 10.7 Å². The molecule has 0 nitrogen and oxygen atoms in total. The van der Waals surface area contributed by atoms with Gasteiger partial charge in [0, 0.05) is 10.1 Å². The van der Waals surface area contributed by atoms with Crippen LogP contribution in [0.15, 0.2) is 29.2 Å². The van der Waals surface area contributed by atoms with E-state index in [4.69, 9.17) is 7.85 Å². The minimum atomic E-state index is 0.852. The van der Waals surface area contributed by atoms with Crippen LogP contribution in [-0.2, 0) is 0 Å². The Morgan fingerprint density at radius 1 is 1.18 bits per heavy atom. The molecule has 54 valence electrons. The summed E-state index contributed by atoms with van der Waals surface area (Å²) in [5.74, 6) is 0. The van der Waals surface area contributed by atoms with Crippen molar-refractivity contribution in [2.75, 3.05) is 0 Å². The second kappa shape index (κ2) is 2.94. The second-order valence-corrected chi connectivity index (χ2v) is 4.26. The Morgan fingerprint density at radius 3 is 2.36 bits per heavy atom. The first-order valence-electron chi connectivity index (χ1n) is 3.87. The summed E-state index contributed by atoms with van der Waals surface area (Å²) in [6.07, 6.45) is 2.77. The maximum absolute atomic E-state index is 5.56. The van der Waals surface area contributed by atoms with Crippen LogP contribution < -0.4 is 5.46 Å². The third kappa shape index (κ3) is 2.03. The molecule has 2 radical (unpaired) electrons. The highest BCUT2D eigenvalue weighted by Gasteiger charge is 2.21. The second-order valence-electron chi connectivity index (χ2n) is 2.89. The lowest BCUT2D eigenvalue weighted by Gasteiger charge is -1.98. The minimum absolute atomic E-state index is 0.852. The number of benzene rings is 1. The molecule has 2 heteroatoms. The fourth-order valence-corrected chi connectivity index (χ4v) is 1.97. The summed E-state index contributed by atoms with van der Waals surface area (Å²) in [6.45, 7) is 0. The summed E-state index contributed by atoms with van der Waals surface area (Å²) in [6, 6.07) is 8.12. The molecule has 0 aliphatic heterocycles. The van der Waals surface area contributed by atoms with Crippen molar-refractivity contribution in [3.8, 4) is 0 Å². The molecule has 0 unspecified atom stereocenters. The van der Waals surface area contributed by atoms with Gasteiger partial charge in [0.1, 0.15) is 7.85 Å². The summed E-state index contributed by atoms with van der Waals surface area (Å²) < 4.78 is 0. The van der Waals surface area contributed by atoms with E-state index in [1.807, 2.05) is 23.9 Å². The number of hydrogen-bond acceptors (Lipinski definition) is 1. The third-order valence-electron chi connectivity index (χ3n) is 1.71. The smallest absolute Gasteiger partial charge is 0.113 e. The van der Waals surface area contributed by atoms with Crippen LogP contribution in [-0.4, -0.2) is 13.1 Å². The Hall–Kier alpha value is -0.365. The number of hydrogen-bond donors (Lipinski definition) is 0. The highest BCUT2D eigenvalue weighted by atomic mass is 32.2. The van der Waals surface area contributed by atoms with Crippen molar-refractivity contribution in [3.63, 3.8) is 0 Å². The van der Waals surface area contributed by atoms with Gasteiger partial charge in [0.25, 0.3) is 0 Å². The zero-order chi connectivity index (χ0) is 7.68. The summed E-state index contributed by atoms with van der Waals surface area (Å²) >= 11 is 1.96. The van der Waals surface area contributed by atoms with E-state index < -0.39 is 0 Å². The maximum atomic E-state index is 5.56. The molecule has 0 spiro atoms. The van der Waals surface area contributed by atoms with Gasteiger partial charge < -0.3 is 0 Å².